The fourth-order valence-corrected chi connectivity index (χ4v) is 0.836. The van der Waals surface area contributed by atoms with E-state index in [1.165, 1.54) is 12.2 Å². The minimum atomic E-state index is -0.484. The predicted molar refractivity (Wildman–Crippen MR) is 51.3 cm³/mol. The largest absolute Gasteiger partial charge is 0.441 e. The Balaban J connectivity index is 2.75. The minimum Gasteiger partial charge on any atom is -0.441 e. The number of nitrogens with zero attached hydrogens (tertiary/aromatic N) is 1. The third-order valence-electron chi connectivity index (χ3n) is 1.47. The standard InChI is InChI=1S/C9H12N2O2/c1-11(2)9-6-4-7(13-9)3-5-8(10)12/h3-6H,1-2H3,(H2,10,12). The summed E-state index contributed by atoms with van der Waals surface area (Å²) in [4.78, 5) is 12.2. The van der Waals surface area contributed by atoms with Crippen molar-refractivity contribution in [1.82, 2.24) is 0 Å². The molecule has 0 spiro atoms. The molecule has 0 saturated carbocycles. The molecule has 0 radical (unpaired) electrons. The lowest BCUT2D eigenvalue weighted by atomic mass is 10.4. The van der Waals surface area contributed by atoms with E-state index in [0.717, 1.165) is 5.88 Å². The SMILES string of the molecule is CN(C)c1ccc(C=CC(N)=O)o1. The van der Waals surface area contributed by atoms with Crippen molar-refractivity contribution in [3.8, 4) is 0 Å². The van der Waals surface area contributed by atoms with Crippen LogP contribution in [0.2, 0.25) is 0 Å². The summed E-state index contributed by atoms with van der Waals surface area (Å²) in [5.74, 6) is 0.870. The van der Waals surface area contributed by atoms with Gasteiger partial charge in [-0.05, 0) is 12.1 Å². The van der Waals surface area contributed by atoms with Crippen LogP contribution in [0.1, 0.15) is 5.76 Å². The minimum absolute atomic E-state index is 0.484. The lowest BCUT2D eigenvalue weighted by molar-refractivity contribution is -0.113. The van der Waals surface area contributed by atoms with Crippen LogP contribution in [0, 0.1) is 0 Å². The van der Waals surface area contributed by atoms with E-state index in [1.54, 1.807) is 6.07 Å². The number of hydrogen-bond acceptors (Lipinski definition) is 3. The van der Waals surface area contributed by atoms with E-state index >= 15 is 0 Å². The highest BCUT2D eigenvalue weighted by molar-refractivity contribution is 5.89. The highest BCUT2D eigenvalue weighted by Gasteiger charge is 2.00. The molecule has 0 bridgehead atoms. The summed E-state index contributed by atoms with van der Waals surface area (Å²) in [7, 11) is 3.75. The van der Waals surface area contributed by atoms with Crippen LogP contribution < -0.4 is 10.6 Å². The highest BCUT2D eigenvalue weighted by atomic mass is 16.4. The second-order valence-electron chi connectivity index (χ2n) is 2.81. The molecule has 1 heterocycles. The van der Waals surface area contributed by atoms with Gasteiger partial charge in [-0.15, -0.1) is 0 Å². The van der Waals surface area contributed by atoms with Gasteiger partial charge >= 0.3 is 0 Å². The first-order valence-electron chi connectivity index (χ1n) is 3.84. The Morgan fingerprint density at radius 1 is 1.54 bits per heavy atom. The van der Waals surface area contributed by atoms with Crippen LogP contribution in [-0.2, 0) is 4.79 Å². The van der Waals surface area contributed by atoms with Crippen LogP contribution in [0.5, 0.6) is 0 Å². The zero-order valence-corrected chi connectivity index (χ0v) is 7.65. The van der Waals surface area contributed by atoms with E-state index in [2.05, 4.69) is 0 Å². The average molecular weight is 180 g/mol. The first kappa shape index (κ1) is 9.38. The average Bonchev–Trinajstić information content (AvgIpc) is 2.48. The highest BCUT2D eigenvalue weighted by Crippen LogP contribution is 2.16. The Morgan fingerprint density at radius 2 is 2.23 bits per heavy atom. The summed E-state index contributed by atoms with van der Waals surface area (Å²) in [5.41, 5.74) is 4.93. The predicted octanol–water partition coefficient (Wildman–Crippen LogP) is 0.844. The second kappa shape index (κ2) is 3.80. The molecule has 1 amide bonds. The van der Waals surface area contributed by atoms with Crippen LogP contribution in [0.15, 0.2) is 22.6 Å². The Labute approximate surface area is 76.6 Å². The number of carbonyl (C=O) groups excluding carboxylic acids is 1. The molecule has 13 heavy (non-hydrogen) atoms. The number of anilines is 1. The molecule has 0 aromatic carbocycles. The molecule has 0 aliphatic carbocycles. The van der Waals surface area contributed by atoms with Gasteiger partial charge < -0.3 is 15.1 Å². The van der Waals surface area contributed by atoms with Gasteiger partial charge in [0.15, 0.2) is 5.88 Å². The lowest BCUT2D eigenvalue weighted by Gasteiger charge is -2.05. The van der Waals surface area contributed by atoms with Gasteiger partial charge in [0.25, 0.3) is 0 Å². The molecule has 4 nitrogen and oxygen atoms in total. The topological polar surface area (TPSA) is 59.5 Å². The summed E-state index contributed by atoms with van der Waals surface area (Å²) in [6.45, 7) is 0. The maximum absolute atomic E-state index is 10.4. The molecule has 0 unspecified atom stereocenters. The monoisotopic (exact) mass is 180 g/mol. The van der Waals surface area contributed by atoms with Crippen LogP contribution >= 0.6 is 0 Å². The van der Waals surface area contributed by atoms with Crippen molar-refractivity contribution in [1.29, 1.82) is 0 Å². The number of amides is 1. The van der Waals surface area contributed by atoms with E-state index in [-0.39, 0.29) is 0 Å². The first-order valence-corrected chi connectivity index (χ1v) is 3.84. The maximum atomic E-state index is 10.4. The van der Waals surface area contributed by atoms with Crippen LogP contribution in [-0.4, -0.2) is 20.0 Å². The molecule has 1 aromatic rings. The second-order valence-corrected chi connectivity index (χ2v) is 2.81. The number of nitrogens with two attached hydrogens (primary N) is 1. The van der Waals surface area contributed by atoms with Crippen molar-refractivity contribution in [3.63, 3.8) is 0 Å². The molecule has 0 atom stereocenters. The quantitative estimate of drug-likeness (QED) is 0.701. The van der Waals surface area contributed by atoms with Crippen molar-refractivity contribution in [2.75, 3.05) is 19.0 Å². The summed E-state index contributed by atoms with van der Waals surface area (Å²) in [5, 5.41) is 0. The zero-order valence-electron chi connectivity index (χ0n) is 7.65. The van der Waals surface area contributed by atoms with Gasteiger partial charge in [0, 0.05) is 26.2 Å². The molecule has 70 valence electrons. The summed E-state index contributed by atoms with van der Waals surface area (Å²) >= 11 is 0. The maximum Gasteiger partial charge on any atom is 0.241 e. The molecule has 2 N–H and O–H groups in total. The number of primary amides is 1. The molecule has 0 saturated heterocycles. The van der Waals surface area contributed by atoms with Gasteiger partial charge in [-0.25, -0.2) is 0 Å². The number of hydrogen-bond donors (Lipinski definition) is 1. The molecule has 0 aliphatic heterocycles. The Bertz CT molecular complexity index is 326. The van der Waals surface area contributed by atoms with Crippen molar-refractivity contribution >= 4 is 17.9 Å². The molecular formula is C9H12N2O2. The normalized spacial score (nSPS) is 10.6. The molecule has 1 rings (SSSR count). The number of rotatable bonds is 3. The van der Waals surface area contributed by atoms with Gasteiger partial charge in [0.1, 0.15) is 5.76 Å². The molecule has 0 fully saturated rings. The Hall–Kier alpha value is -1.71. The van der Waals surface area contributed by atoms with Crippen LogP contribution in [0.25, 0.3) is 6.08 Å². The van der Waals surface area contributed by atoms with Gasteiger partial charge in [0.2, 0.25) is 5.91 Å². The fourth-order valence-electron chi connectivity index (χ4n) is 0.836. The number of furan rings is 1. The van der Waals surface area contributed by atoms with Gasteiger partial charge in [-0.2, -0.15) is 0 Å². The Morgan fingerprint density at radius 3 is 2.69 bits per heavy atom. The van der Waals surface area contributed by atoms with E-state index in [4.69, 9.17) is 10.2 Å². The van der Waals surface area contributed by atoms with Crippen LogP contribution in [0.4, 0.5) is 5.88 Å². The number of carbonyl (C=O) groups is 1. The van der Waals surface area contributed by atoms with Crippen molar-refractivity contribution < 1.29 is 9.21 Å². The first-order chi connectivity index (χ1) is 6.09. The van der Waals surface area contributed by atoms with Crippen molar-refractivity contribution in [2.45, 2.75) is 0 Å². The van der Waals surface area contributed by atoms with Crippen LogP contribution in [0.3, 0.4) is 0 Å². The van der Waals surface area contributed by atoms with E-state index in [0.29, 0.717) is 5.76 Å². The van der Waals surface area contributed by atoms with Gasteiger partial charge in [-0.1, -0.05) is 0 Å². The third-order valence-corrected chi connectivity index (χ3v) is 1.47. The summed E-state index contributed by atoms with van der Waals surface area (Å²) in [6.07, 6.45) is 2.80. The molecular weight excluding hydrogens is 168 g/mol. The van der Waals surface area contributed by atoms with Crippen molar-refractivity contribution in [2.24, 2.45) is 5.73 Å². The smallest absolute Gasteiger partial charge is 0.241 e. The molecule has 1 aromatic heterocycles. The van der Waals surface area contributed by atoms with E-state index in [1.807, 2.05) is 25.1 Å². The van der Waals surface area contributed by atoms with E-state index < -0.39 is 5.91 Å². The molecule has 4 heteroatoms. The lowest BCUT2D eigenvalue weighted by Crippen LogP contribution is -2.06. The van der Waals surface area contributed by atoms with Gasteiger partial charge in [0.05, 0.1) is 0 Å². The zero-order chi connectivity index (χ0) is 9.84. The third kappa shape index (κ3) is 2.66. The van der Waals surface area contributed by atoms with E-state index in [9.17, 15) is 4.79 Å². The molecule has 0 aliphatic rings. The summed E-state index contributed by atoms with van der Waals surface area (Å²) < 4.78 is 5.33. The summed E-state index contributed by atoms with van der Waals surface area (Å²) in [6, 6.07) is 3.59. The Kier molecular flexibility index (Phi) is 2.74. The van der Waals surface area contributed by atoms with Gasteiger partial charge in [-0.3, -0.25) is 4.79 Å². The fraction of sp³-hybridized carbons (Fsp3) is 0.222. The van der Waals surface area contributed by atoms with Crippen molar-refractivity contribution in [3.05, 3.63) is 24.0 Å².